The van der Waals surface area contributed by atoms with Crippen molar-refractivity contribution in [2.75, 3.05) is 0 Å². The Morgan fingerprint density at radius 3 is 2.65 bits per heavy atom. The first-order chi connectivity index (χ1) is 10.8. The molecule has 2 rings (SSSR count). The van der Waals surface area contributed by atoms with Crippen LogP contribution in [0, 0.1) is 0 Å². The summed E-state index contributed by atoms with van der Waals surface area (Å²) in [6, 6.07) is 2.35. The predicted molar refractivity (Wildman–Crippen MR) is 88.7 cm³/mol. The molecule has 0 radical (unpaired) electrons. The predicted octanol–water partition coefficient (Wildman–Crippen LogP) is 1.54. The molecule has 1 aromatic heterocycles. The van der Waals surface area contributed by atoms with E-state index in [1.54, 1.807) is 6.08 Å². The van der Waals surface area contributed by atoms with E-state index >= 15 is 0 Å². The fourth-order valence-corrected chi connectivity index (χ4v) is 3.47. The number of carbonyl (C=O) groups excluding carboxylic acids is 1. The van der Waals surface area contributed by atoms with E-state index in [4.69, 9.17) is 17.3 Å². The number of nitrogens with zero attached hydrogens (tertiary/aromatic N) is 2. The van der Waals surface area contributed by atoms with E-state index in [-0.39, 0.29) is 17.2 Å². The Labute approximate surface area is 141 Å². The molecule has 0 aliphatic carbocycles. The monoisotopic (exact) mass is 354 g/mol. The number of aryl methyl sites for hydroxylation is 1. The largest absolute Gasteiger partial charge is 0.481 e. The third-order valence-corrected chi connectivity index (χ3v) is 4.65. The van der Waals surface area contributed by atoms with Crippen LogP contribution < -0.4 is 0 Å². The van der Waals surface area contributed by atoms with Gasteiger partial charge in [-0.2, -0.15) is 0 Å². The molecule has 9 heteroatoms. The number of hydrogen-bond donors (Lipinski definition) is 2. The molecule has 0 saturated carbocycles. The Kier molecular flexibility index (Phi) is 5.22. The number of hydrogen-bond acceptors (Lipinski definition) is 5. The zero-order valence-electron chi connectivity index (χ0n) is 12.1. The Bertz CT molecular complexity index is 710. The molecule has 0 bridgehead atoms. The van der Waals surface area contributed by atoms with Crippen LogP contribution in [-0.2, 0) is 21.4 Å². The summed E-state index contributed by atoms with van der Waals surface area (Å²) in [6.45, 7) is 0. The second kappa shape index (κ2) is 6.97. The molecule has 1 aromatic rings. The molecule has 1 aliphatic rings. The van der Waals surface area contributed by atoms with E-state index < -0.39 is 23.9 Å². The van der Waals surface area contributed by atoms with Crippen LogP contribution in [0.1, 0.15) is 18.5 Å². The van der Waals surface area contributed by atoms with E-state index in [0.717, 1.165) is 22.4 Å². The molecule has 1 saturated heterocycles. The number of thioether (sulfide) groups is 1. The summed E-state index contributed by atoms with van der Waals surface area (Å²) in [5, 5.41) is 18.0. The molecule has 1 fully saturated rings. The number of carboxylic acid groups (broad SMARTS) is 2. The van der Waals surface area contributed by atoms with Crippen molar-refractivity contribution in [1.82, 2.24) is 9.47 Å². The number of amides is 1. The Morgan fingerprint density at radius 1 is 1.43 bits per heavy atom. The van der Waals surface area contributed by atoms with Gasteiger partial charge in [0.15, 0.2) is 0 Å². The number of aromatic nitrogens is 1. The maximum absolute atomic E-state index is 12.5. The van der Waals surface area contributed by atoms with Crippen molar-refractivity contribution in [3.63, 3.8) is 0 Å². The number of thiocarbonyl (C=S) groups is 1. The molecule has 122 valence electrons. The van der Waals surface area contributed by atoms with Crippen molar-refractivity contribution in [1.29, 1.82) is 0 Å². The van der Waals surface area contributed by atoms with Crippen LogP contribution in [0.25, 0.3) is 6.08 Å². The average molecular weight is 354 g/mol. The first kappa shape index (κ1) is 17.2. The summed E-state index contributed by atoms with van der Waals surface area (Å²) in [7, 11) is 1.82. The van der Waals surface area contributed by atoms with Gasteiger partial charge in [0.2, 0.25) is 0 Å². The van der Waals surface area contributed by atoms with Crippen LogP contribution in [-0.4, -0.2) is 47.9 Å². The number of aliphatic carboxylic acids is 2. The molecule has 1 atom stereocenters. The fraction of sp³-hybridized carbons (Fsp3) is 0.286. The van der Waals surface area contributed by atoms with Gasteiger partial charge in [-0.1, -0.05) is 24.0 Å². The van der Waals surface area contributed by atoms with E-state index in [1.807, 2.05) is 29.9 Å². The molecule has 0 spiro atoms. The van der Waals surface area contributed by atoms with Gasteiger partial charge in [-0.05, 0) is 24.6 Å². The molecule has 23 heavy (non-hydrogen) atoms. The van der Waals surface area contributed by atoms with Gasteiger partial charge >= 0.3 is 11.9 Å². The van der Waals surface area contributed by atoms with Crippen LogP contribution in [0.15, 0.2) is 23.2 Å². The normalized spacial score (nSPS) is 17.8. The summed E-state index contributed by atoms with van der Waals surface area (Å²) in [4.78, 5) is 35.8. The molecular weight excluding hydrogens is 340 g/mol. The Hall–Kier alpha value is -2.13. The van der Waals surface area contributed by atoms with Gasteiger partial charge < -0.3 is 14.8 Å². The summed E-state index contributed by atoms with van der Waals surface area (Å²) >= 11 is 6.12. The highest BCUT2D eigenvalue weighted by molar-refractivity contribution is 8.26. The van der Waals surface area contributed by atoms with Crippen LogP contribution in [0.2, 0.25) is 0 Å². The first-order valence-corrected chi connectivity index (χ1v) is 7.86. The highest BCUT2D eigenvalue weighted by atomic mass is 32.2. The van der Waals surface area contributed by atoms with E-state index in [9.17, 15) is 19.5 Å². The van der Waals surface area contributed by atoms with E-state index in [2.05, 4.69) is 0 Å². The van der Waals surface area contributed by atoms with Crippen LogP contribution in [0.3, 0.4) is 0 Å². The summed E-state index contributed by atoms with van der Waals surface area (Å²) in [5.74, 6) is -2.91. The van der Waals surface area contributed by atoms with Crippen molar-refractivity contribution >= 4 is 52.2 Å². The minimum Gasteiger partial charge on any atom is -0.481 e. The maximum atomic E-state index is 12.5. The Balaban J connectivity index is 2.26. The second-order valence-corrected chi connectivity index (χ2v) is 6.56. The van der Waals surface area contributed by atoms with E-state index in [1.165, 1.54) is 0 Å². The fourth-order valence-electron chi connectivity index (χ4n) is 2.13. The van der Waals surface area contributed by atoms with Crippen molar-refractivity contribution < 1.29 is 24.6 Å². The lowest BCUT2D eigenvalue weighted by atomic mass is 10.1. The molecule has 0 aromatic carbocycles. The lowest BCUT2D eigenvalue weighted by molar-refractivity contribution is -0.146. The van der Waals surface area contributed by atoms with Crippen LogP contribution >= 0.6 is 24.0 Å². The quantitative estimate of drug-likeness (QED) is 0.590. The molecule has 1 unspecified atom stereocenters. The van der Waals surface area contributed by atoms with Crippen molar-refractivity contribution in [3.8, 4) is 0 Å². The van der Waals surface area contributed by atoms with Gasteiger partial charge in [0.25, 0.3) is 5.91 Å². The maximum Gasteiger partial charge on any atom is 0.326 e. The summed E-state index contributed by atoms with van der Waals surface area (Å²) in [6.07, 6.45) is 2.90. The Morgan fingerprint density at radius 2 is 2.13 bits per heavy atom. The molecule has 2 heterocycles. The average Bonchev–Trinajstić information content (AvgIpc) is 2.97. The highest BCUT2D eigenvalue weighted by Crippen LogP contribution is 2.34. The lowest BCUT2D eigenvalue weighted by Crippen LogP contribution is -2.44. The van der Waals surface area contributed by atoms with Gasteiger partial charge in [-0.25, -0.2) is 4.79 Å². The van der Waals surface area contributed by atoms with Gasteiger partial charge in [0.05, 0.1) is 4.91 Å². The van der Waals surface area contributed by atoms with Crippen molar-refractivity contribution in [3.05, 3.63) is 28.9 Å². The third-order valence-electron chi connectivity index (χ3n) is 3.31. The number of rotatable bonds is 6. The smallest absolute Gasteiger partial charge is 0.326 e. The van der Waals surface area contributed by atoms with Gasteiger partial charge in [-0.15, -0.1) is 0 Å². The highest BCUT2D eigenvalue weighted by Gasteiger charge is 2.40. The molecule has 1 aliphatic heterocycles. The summed E-state index contributed by atoms with van der Waals surface area (Å²) < 4.78 is 1.93. The van der Waals surface area contributed by atoms with Crippen LogP contribution in [0.5, 0.6) is 0 Å². The molecule has 1 amide bonds. The SMILES string of the molecule is Cn1cccc1C=C1SC(=S)N(C(CCC(=O)O)C(=O)O)C1=O. The van der Waals surface area contributed by atoms with Gasteiger partial charge in [-0.3, -0.25) is 14.5 Å². The van der Waals surface area contributed by atoms with E-state index in [0.29, 0.717) is 4.91 Å². The molecule has 2 N–H and O–H groups in total. The zero-order valence-corrected chi connectivity index (χ0v) is 13.8. The topological polar surface area (TPSA) is 99.8 Å². The van der Waals surface area contributed by atoms with Gasteiger partial charge in [0.1, 0.15) is 10.4 Å². The minimum atomic E-state index is -1.28. The minimum absolute atomic E-state index is 0.119. The third kappa shape index (κ3) is 3.80. The summed E-state index contributed by atoms with van der Waals surface area (Å²) in [5.41, 5.74) is 0.780. The van der Waals surface area contributed by atoms with Gasteiger partial charge in [0, 0.05) is 25.4 Å². The van der Waals surface area contributed by atoms with Crippen LogP contribution in [0.4, 0.5) is 0 Å². The number of carbonyl (C=O) groups is 3. The molecule has 7 nitrogen and oxygen atoms in total. The first-order valence-electron chi connectivity index (χ1n) is 6.64. The standard InChI is InChI=1S/C14H14N2O5S2/c1-15-6-2-3-8(15)7-10-12(19)16(14(22)23-10)9(13(20)21)4-5-11(17)18/h2-3,6-7,9H,4-5H2,1H3,(H,17,18)(H,20,21). The molecular formula is C14H14N2O5S2. The number of carboxylic acids is 2. The van der Waals surface area contributed by atoms with Crippen molar-refractivity contribution in [2.45, 2.75) is 18.9 Å². The lowest BCUT2D eigenvalue weighted by Gasteiger charge is -2.22. The second-order valence-electron chi connectivity index (χ2n) is 4.88. The zero-order chi connectivity index (χ0) is 17.1. The van der Waals surface area contributed by atoms with Crippen molar-refractivity contribution in [2.24, 2.45) is 7.05 Å².